The third-order valence-corrected chi connectivity index (χ3v) is 5.16. The molecule has 2 aromatic carbocycles. The number of hydrazone groups is 1. The van der Waals surface area contributed by atoms with Gasteiger partial charge in [0.15, 0.2) is 6.29 Å². The number of rotatable bonds is 9. The van der Waals surface area contributed by atoms with E-state index in [1.165, 1.54) is 23.4 Å². The summed E-state index contributed by atoms with van der Waals surface area (Å²) in [4.78, 5) is 22.1. The highest BCUT2D eigenvalue weighted by atomic mass is 16.1. The minimum Gasteiger partial charge on any atom is -0.388 e. The van der Waals surface area contributed by atoms with Crippen LogP contribution in [0.2, 0.25) is 0 Å². The van der Waals surface area contributed by atoms with E-state index in [1.807, 2.05) is 31.3 Å². The first-order valence-electron chi connectivity index (χ1n) is 10.2. The summed E-state index contributed by atoms with van der Waals surface area (Å²) in [7, 11) is 1.88. The van der Waals surface area contributed by atoms with Crippen LogP contribution in [0.3, 0.4) is 0 Å². The van der Waals surface area contributed by atoms with Crippen LogP contribution in [0.15, 0.2) is 59.2 Å². The average molecular weight is 418 g/mol. The van der Waals surface area contributed by atoms with E-state index >= 15 is 0 Å². The number of hydrogen-bond acceptors (Lipinski definition) is 6. The number of primary amides is 1. The Balaban J connectivity index is 2.12. The molecule has 0 unspecified atom stereocenters. The number of anilines is 2. The molecule has 5 N–H and O–H groups in total. The summed E-state index contributed by atoms with van der Waals surface area (Å²) in [5.74, 6) is -0.503. The van der Waals surface area contributed by atoms with Crippen LogP contribution in [-0.2, 0) is 16.0 Å². The Kier molecular flexibility index (Phi) is 7.35. The highest BCUT2D eigenvalue weighted by Gasteiger charge is 2.24. The highest BCUT2D eigenvalue weighted by molar-refractivity contribution is 6.13. The van der Waals surface area contributed by atoms with Crippen LogP contribution in [-0.4, -0.2) is 32.0 Å². The normalized spacial score (nSPS) is 13.5. The van der Waals surface area contributed by atoms with Gasteiger partial charge in [0.2, 0.25) is 5.91 Å². The van der Waals surface area contributed by atoms with Gasteiger partial charge in [-0.15, -0.1) is 0 Å². The Hall–Kier alpha value is -3.71. The Morgan fingerprint density at radius 3 is 2.61 bits per heavy atom. The monoisotopic (exact) mass is 417 g/mol. The number of amides is 1. The number of carbonyl (C=O) groups excluding carboxylic acids is 2. The molecule has 0 heterocycles. The molecule has 1 amide bonds. The molecule has 0 saturated heterocycles. The van der Waals surface area contributed by atoms with Gasteiger partial charge in [-0.2, -0.15) is 5.10 Å². The van der Waals surface area contributed by atoms with Crippen molar-refractivity contribution in [3.8, 4) is 0 Å². The minimum absolute atomic E-state index is 0.503. The quantitative estimate of drug-likeness (QED) is 0.251. The Morgan fingerprint density at radius 2 is 1.97 bits per heavy atom. The fraction of sp³-hybridized carbons (Fsp3) is 0.208. The number of nitrogens with zero attached hydrogens (tertiary/aromatic N) is 2. The Morgan fingerprint density at radius 1 is 1.19 bits per heavy atom. The molecule has 0 atom stereocenters. The van der Waals surface area contributed by atoms with Crippen molar-refractivity contribution in [2.24, 2.45) is 16.6 Å². The number of carbonyl (C=O) groups is 2. The van der Waals surface area contributed by atoms with Crippen molar-refractivity contribution in [3.63, 3.8) is 0 Å². The number of fused-ring (bicyclic) bond motifs is 1. The first-order valence-corrected chi connectivity index (χ1v) is 10.2. The van der Waals surface area contributed by atoms with Gasteiger partial charge in [-0.25, -0.2) is 5.01 Å². The van der Waals surface area contributed by atoms with E-state index in [1.54, 1.807) is 11.1 Å². The molecular formula is C24H27N5O2. The lowest BCUT2D eigenvalue weighted by atomic mass is 9.87. The van der Waals surface area contributed by atoms with Crippen LogP contribution in [0, 0.1) is 0 Å². The average Bonchev–Trinajstić information content (AvgIpc) is 2.79. The van der Waals surface area contributed by atoms with Gasteiger partial charge in [0.05, 0.1) is 17.6 Å². The van der Waals surface area contributed by atoms with Crippen LogP contribution in [0.5, 0.6) is 0 Å². The molecule has 7 heteroatoms. The zero-order chi connectivity index (χ0) is 22.2. The van der Waals surface area contributed by atoms with Crippen LogP contribution in [0.25, 0.3) is 11.8 Å². The van der Waals surface area contributed by atoms with Gasteiger partial charge in [0, 0.05) is 24.4 Å². The van der Waals surface area contributed by atoms with E-state index in [2.05, 4.69) is 28.6 Å². The molecule has 2 aromatic rings. The smallest absolute Gasteiger partial charge is 0.241 e. The van der Waals surface area contributed by atoms with Crippen molar-refractivity contribution >= 4 is 41.6 Å². The molecule has 0 aromatic heterocycles. The van der Waals surface area contributed by atoms with Crippen LogP contribution < -0.4 is 21.8 Å². The standard InChI is InChI=1S/C24H27N5O2/c1-27-20-8-7-18-5-6-19(12-13-25)24(22(18)16-20)29(28-14-15-30)21-9-2-17(3-10-21)4-11-23(26)31/h2-4,7-11,14-16,27H,5-6,12-13,25H2,1H3,(H2,26,31)/b11-4+,28-14+. The molecule has 0 spiro atoms. The number of nitrogens with one attached hydrogen (secondary N) is 1. The van der Waals surface area contributed by atoms with E-state index in [9.17, 15) is 9.59 Å². The van der Waals surface area contributed by atoms with Gasteiger partial charge >= 0.3 is 0 Å². The molecule has 31 heavy (non-hydrogen) atoms. The predicted octanol–water partition coefficient (Wildman–Crippen LogP) is 2.92. The molecule has 7 nitrogen and oxygen atoms in total. The first-order chi connectivity index (χ1) is 15.1. The maximum Gasteiger partial charge on any atom is 0.241 e. The van der Waals surface area contributed by atoms with Gasteiger partial charge in [-0.3, -0.25) is 9.59 Å². The van der Waals surface area contributed by atoms with Gasteiger partial charge in [0.1, 0.15) is 0 Å². The van der Waals surface area contributed by atoms with Crippen molar-refractivity contribution < 1.29 is 9.59 Å². The second kappa shape index (κ2) is 10.4. The molecule has 0 radical (unpaired) electrons. The fourth-order valence-electron chi connectivity index (χ4n) is 3.70. The van der Waals surface area contributed by atoms with Crippen molar-refractivity contribution in [1.82, 2.24) is 0 Å². The zero-order valence-corrected chi connectivity index (χ0v) is 17.5. The number of benzene rings is 2. The summed E-state index contributed by atoms with van der Waals surface area (Å²) < 4.78 is 0. The van der Waals surface area contributed by atoms with Gasteiger partial charge in [-0.1, -0.05) is 18.2 Å². The topological polar surface area (TPSA) is 114 Å². The second-order valence-electron chi connectivity index (χ2n) is 7.15. The molecule has 1 aliphatic rings. The predicted molar refractivity (Wildman–Crippen MR) is 127 cm³/mol. The number of aryl methyl sites for hydroxylation is 1. The Bertz CT molecular complexity index is 1040. The maximum atomic E-state index is 11.1. The number of hydrogen-bond donors (Lipinski definition) is 3. The largest absolute Gasteiger partial charge is 0.388 e. The zero-order valence-electron chi connectivity index (χ0n) is 17.5. The van der Waals surface area contributed by atoms with E-state index in [0.717, 1.165) is 47.5 Å². The second-order valence-corrected chi connectivity index (χ2v) is 7.15. The number of aldehydes is 1. The van der Waals surface area contributed by atoms with Crippen molar-refractivity contribution in [2.45, 2.75) is 19.3 Å². The summed E-state index contributed by atoms with van der Waals surface area (Å²) in [5, 5.41) is 9.44. The van der Waals surface area contributed by atoms with Crippen LogP contribution in [0.1, 0.15) is 29.5 Å². The molecule has 160 valence electrons. The maximum absolute atomic E-state index is 11.1. The van der Waals surface area contributed by atoms with E-state index in [-0.39, 0.29) is 0 Å². The van der Waals surface area contributed by atoms with E-state index < -0.39 is 5.91 Å². The molecule has 0 aliphatic heterocycles. The first kappa shape index (κ1) is 22.0. The molecule has 0 saturated carbocycles. The van der Waals surface area contributed by atoms with Crippen molar-refractivity contribution in [1.29, 1.82) is 0 Å². The summed E-state index contributed by atoms with van der Waals surface area (Å²) in [5.41, 5.74) is 18.1. The molecule has 0 fully saturated rings. The van der Waals surface area contributed by atoms with E-state index in [0.29, 0.717) is 12.8 Å². The molecule has 0 bridgehead atoms. The third kappa shape index (κ3) is 5.26. The lowest BCUT2D eigenvalue weighted by Gasteiger charge is -2.31. The van der Waals surface area contributed by atoms with Gasteiger partial charge < -0.3 is 16.8 Å². The van der Waals surface area contributed by atoms with E-state index in [4.69, 9.17) is 11.5 Å². The molecule has 3 rings (SSSR count). The van der Waals surface area contributed by atoms with Crippen molar-refractivity contribution in [3.05, 3.63) is 70.8 Å². The SMILES string of the molecule is CNc1ccc2c(c1)C(N(/N=C/C=O)c1ccc(/C=C/C(N)=O)cc1)=C(CCN)CC2. The van der Waals surface area contributed by atoms with Crippen LogP contribution in [0.4, 0.5) is 11.4 Å². The van der Waals surface area contributed by atoms with Crippen LogP contribution >= 0.6 is 0 Å². The Labute approximate surface area is 182 Å². The minimum atomic E-state index is -0.503. The van der Waals surface area contributed by atoms with Crippen molar-refractivity contribution in [2.75, 3.05) is 23.9 Å². The number of nitrogens with two attached hydrogens (primary N) is 2. The third-order valence-electron chi connectivity index (χ3n) is 5.16. The summed E-state index contributed by atoms with van der Waals surface area (Å²) in [6.07, 6.45) is 7.42. The van der Waals surface area contributed by atoms with Gasteiger partial charge in [0.25, 0.3) is 0 Å². The summed E-state index contributed by atoms with van der Waals surface area (Å²) >= 11 is 0. The lowest BCUT2D eigenvalue weighted by molar-refractivity contribution is -0.113. The summed E-state index contributed by atoms with van der Waals surface area (Å²) in [6, 6.07) is 13.8. The summed E-state index contributed by atoms with van der Waals surface area (Å²) in [6.45, 7) is 0.530. The van der Waals surface area contributed by atoms with Gasteiger partial charge in [-0.05, 0) is 72.8 Å². The highest BCUT2D eigenvalue weighted by Crippen LogP contribution is 2.39. The fourth-order valence-corrected chi connectivity index (χ4v) is 3.70. The molecule has 1 aliphatic carbocycles. The lowest BCUT2D eigenvalue weighted by Crippen LogP contribution is -2.22. The molecular weight excluding hydrogens is 390 g/mol.